The predicted molar refractivity (Wildman–Crippen MR) is 117 cm³/mol. The van der Waals surface area contributed by atoms with E-state index in [4.69, 9.17) is 21.1 Å². The highest BCUT2D eigenvalue weighted by Crippen LogP contribution is 2.27. The smallest absolute Gasteiger partial charge is 0.119 e. The second kappa shape index (κ2) is 10.5. The van der Waals surface area contributed by atoms with Crippen LogP contribution in [0.2, 0.25) is 5.02 Å². The summed E-state index contributed by atoms with van der Waals surface area (Å²) in [5.74, 6) is 0.902. The fourth-order valence-electron chi connectivity index (χ4n) is 3.24. The first-order chi connectivity index (χ1) is 13.7. The molecule has 0 radical (unpaired) electrons. The molecule has 0 saturated carbocycles. The van der Waals surface area contributed by atoms with Crippen LogP contribution in [0.3, 0.4) is 0 Å². The molecule has 0 aliphatic rings. The number of hydrogen-bond donors (Lipinski definition) is 0. The Morgan fingerprint density at radius 1 is 0.821 bits per heavy atom. The first-order valence-corrected chi connectivity index (χ1v) is 10.3. The maximum Gasteiger partial charge on any atom is 0.119 e. The van der Waals surface area contributed by atoms with Crippen LogP contribution in [0.15, 0.2) is 60.7 Å². The van der Waals surface area contributed by atoms with Gasteiger partial charge in [0, 0.05) is 17.0 Å². The third-order valence-corrected chi connectivity index (χ3v) is 5.31. The molecule has 3 aromatic carbocycles. The summed E-state index contributed by atoms with van der Waals surface area (Å²) in [7, 11) is 0. The first kappa shape index (κ1) is 20.7. The highest BCUT2D eigenvalue weighted by atomic mass is 35.5. The minimum absolute atomic E-state index is 0.555. The normalized spacial score (nSPS) is 11.3. The maximum atomic E-state index is 6.29. The highest BCUT2D eigenvalue weighted by Gasteiger charge is 2.05. The van der Waals surface area contributed by atoms with Gasteiger partial charge in [0.05, 0.1) is 13.2 Å². The number of fused-ring (bicyclic) bond motifs is 1. The summed E-state index contributed by atoms with van der Waals surface area (Å²) in [6.07, 6.45) is 0. The average molecular weight is 398 g/mol. The van der Waals surface area contributed by atoms with E-state index >= 15 is 0 Å². The van der Waals surface area contributed by atoms with Crippen molar-refractivity contribution in [3.8, 4) is 5.75 Å². The number of hydrogen-bond acceptors (Lipinski definition) is 3. The zero-order valence-electron chi connectivity index (χ0n) is 16.7. The van der Waals surface area contributed by atoms with E-state index in [9.17, 15) is 0 Å². The molecule has 0 spiro atoms. The second-order valence-corrected chi connectivity index (χ2v) is 7.17. The number of likely N-dealkylation sites (N-methyl/N-ethyl adjacent to an activating group) is 1. The van der Waals surface area contributed by atoms with Gasteiger partial charge in [-0.25, -0.2) is 0 Å². The van der Waals surface area contributed by atoms with Crippen LogP contribution in [0.5, 0.6) is 5.75 Å². The average Bonchev–Trinajstić information content (AvgIpc) is 2.74. The topological polar surface area (TPSA) is 21.7 Å². The van der Waals surface area contributed by atoms with Crippen molar-refractivity contribution < 1.29 is 9.47 Å². The van der Waals surface area contributed by atoms with Gasteiger partial charge in [0.1, 0.15) is 12.4 Å². The van der Waals surface area contributed by atoms with E-state index in [-0.39, 0.29) is 0 Å². The van der Waals surface area contributed by atoms with Gasteiger partial charge in [0.15, 0.2) is 0 Å². The van der Waals surface area contributed by atoms with Crippen LogP contribution < -0.4 is 4.74 Å². The Balaban J connectivity index is 1.50. The standard InChI is InChI=1S/C24H28ClNO2/c1-3-26(4-2)15-16-28-21-12-9-19(10-13-21)17-27-18-20-11-14-24(25)23-8-6-5-7-22(20)23/h5-14H,3-4,15-18H2,1-2H3. The monoisotopic (exact) mass is 397 g/mol. The zero-order valence-corrected chi connectivity index (χ0v) is 17.4. The van der Waals surface area contributed by atoms with E-state index in [0.717, 1.165) is 52.3 Å². The molecule has 0 aromatic heterocycles. The number of halogens is 1. The first-order valence-electron chi connectivity index (χ1n) is 9.89. The second-order valence-electron chi connectivity index (χ2n) is 6.76. The van der Waals surface area contributed by atoms with E-state index in [1.54, 1.807) is 0 Å². The summed E-state index contributed by atoms with van der Waals surface area (Å²) in [5, 5.41) is 2.99. The van der Waals surface area contributed by atoms with Gasteiger partial charge in [-0.3, -0.25) is 0 Å². The summed E-state index contributed by atoms with van der Waals surface area (Å²) in [6.45, 7) is 9.24. The Labute approximate surface area is 172 Å². The molecule has 0 bridgehead atoms. The SMILES string of the molecule is CCN(CC)CCOc1ccc(COCc2ccc(Cl)c3ccccc23)cc1. The van der Waals surface area contributed by atoms with Gasteiger partial charge in [-0.1, -0.05) is 67.9 Å². The lowest BCUT2D eigenvalue weighted by Crippen LogP contribution is -2.27. The molecular formula is C24H28ClNO2. The van der Waals surface area contributed by atoms with Crippen molar-refractivity contribution >= 4 is 22.4 Å². The fraction of sp³-hybridized carbons (Fsp3) is 0.333. The van der Waals surface area contributed by atoms with E-state index in [1.165, 1.54) is 0 Å². The largest absolute Gasteiger partial charge is 0.492 e. The summed E-state index contributed by atoms with van der Waals surface area (Å²) >= 11 is 6.29. The Kier molecular flexibility index (Phi) is 7.72. The van der Waals surface area contributed by atoms with Crippen LogP contribution in [0.1, 0.15) is 25.0 Å². The molecule has 0 saturated heterocycles. The molecule has 148 valence electrons. The van der Waals surface area contributed by atoms with Gasteiger partial charge < -0.3 is 14.4 Å². The molecular weight excluding hydrogens is 370 g/mol. The zero-order chi connectivity index (χ0) is 19.8. The van der Waals surface area contributed by atoms with Gasteiger partial charge in [0.2, 0.25) is 0 Å². The Hall–Kier alpha value is -2.07. The molecule has 0 aliphatic heterocycles. The summed E-state index contributed by atoms with van der Waals surface area (Å²) in [4.78, 5) is 2.35. The van der Waals surface area contributed by atoms with Gasteiger partial charge in [-0.05, 0) is 47.8 Å². The van der Waals surface area contributed by atoms with Crippen LogP contribution in [0, 0.1) is 0 Å². The van der Waals surface area contributed by atoms with Gasteiger partial charge >= 0.3 is 0 Å². The lowest BCUT2D eigenvalue weighted by atomic mass is 10.1. The number of rotatable bonds is 10. The molecule has 3 aromatic rings. The quantitative estimate of drug-likeness (QED) is 0.423. The van der Waals surface area contributed by atoms with E-state index in [1.807, 2.05) is 42.5 Å². The van der Waals surface area contributed by atoms with Crippen molar-refractivity contribution in [2.24, 2.45) is 0 Å². The Morgan fingerprint density at radius 2 is 1.54 bits per heavy atom. The molecule has 4 heteroatoms. The third kappa shape index (κ3) is 5.48. The minimum Gasteiger partial charge on any atom is -0.492 e. The van der Waals surface area contributed by atoms with Crippen molar-refractivity contribution in [2.45, 2.75) is 27.1 Å². The van der Waals surface area contributed by atoms with E-state index in [2.05, 4.69) is 36.9 Å². The van der Waals surface area contributed by atoms with Crippen LogP contribution >= 0.6 is 11.6 Å². The fourth-order valence-corrected chi connectivity index (χ4v) is 3.47. The highest BCUT2D eigenvalue weighted by molar-refractivity contribution is 6.35. The third-order valence-electron chi connectivity index (χ3n) is 4.98. The Morgan fingerprint density at radius 3 is 2.25 bits per heavy atom. The van der Waals surface area contributed by atoms with E-state index in [0.29, 0.717) is 19.8 Å². The van der Waals surface area contributed by atoms with Crippen molar-refractivity contribution in [1.82, 2.24) is 4.90 Å². The maximum absolute atomic E-state index is 6.29. The van der Waals surface area contributed by atoms with Gasteiger partial charge in [0.25, 0.3) is 0 Å². The molecule has 0 atom stereocenters. The van der Waals surface area contributed by atoms with Crippen molar-refractivity contribution in [1.29, 1.82) is 0 Å². The van der Waals surface area contributed by atoms with Gasteiger partial charge in [-0.2, -0.15) is 0 Å². The Bertz CT molecular complexity index is 875. The number of nitrogens with zero attached hydrogens (tertiary/aromatic N) is 1. The molecule has 3 rings (SSSR count). The van der Waals surface area contributed by atoms with Crippen LogP contribution in [-0.2, 0) is 18.0 Å². The number of benzene rings is 3. The predicted octanol–water partition coefficient (Wildman–Crippen LogP) is 5.93. The van der Waals surface area contributed by atoms with Crippen molar-refractivity contribution in [2.75, 3.05) is 26.2 Å². The van der Waals surface area contributed by atoms with Crippen molar-refractivity contribution in [3.63, 3.8) is 0 Å². The minimum atomic E-state index is 0.555. The molecule has 0 fully saturated rings. The molecule has 0 aliphatic carbocycles. The molecule has 0 amide bonds. The lowest BCUT2D eigenvalue weighted by molar-refractivity contribution is 0.108. The van der Waals surface area contributed by atoms with Crippen LogP contribution in [-0.4, -0.2) is 31.1 Å². The molecule has 28 heavy (non-hydrogen) atoms. The summed E-state index contributed by atoms with van der Waals surface area (Å²) in [5.41, 5.74) is 2.28. The van der Waals surface area contributed by atoms with Crippen molar-refractivity contribution in [3.05, 3.63) is 76.8 Å². The summed E-state index contributed by atoms with van der Waals surface area (Å²) < 4.78 is 11.8. The van der Waals surface area contributed by atoms with E-state index < -0.39 is 0 Å². The number of ether oxygens (including phenoxy) is 2. The molecule has 0 N–H and O–H groups in total. The van der Waals surface area contributed by atoms with Gasteiger partial charge in [-0.15, -0.1) is 0 Å². The molecule has 3 nitrogen and oxygen atoms in total. The lowest BCUT2D eigenvalue weighted by Gasteiger charge is -2.18. The van der Waals surface area contributed by atoms with Crippen LogP contribution in [0.25, 0.3) is 10.8 Å². The molecule has 0 heterocycles. The molecule has 0 unspecified atom stereocenters. The van der Waals surface area contributed by atoms with Crippen LogP contribution in [0.4, 0.5) is 0 Å². The summed E-state index contributed by atoms with van der Waals surface area (Å²) in [6, 6.07) is 20.3.